The molecule has 0 fully saturated rings. The maximum atomic E-state index is 11.6. The number of nitrogens with one attached hydrogen (secondary N) is 1. The van der Waals surface area contributed by atoms with E-state index in [4.69, 9.17) is 5.26 Å². The number of nitrogens with zero attached hydrogens (tertiary/aromatic N) is 3. The topological polar surface area (TPSA) is 87.8 Å². The minimum absolute atomic E-state index is 0.0153. The van der Waals surface area contributed by atoms with Crippen LogP contribution in [-0.4, -0.2) is 24.0 Å². The van der Waals surface area contributed by atoms with Crippen molar-refractivity contribution in [3.8, 4) is 11.8 Å². The lowest BCUT2D eigenvalue weighted by atomic mass is 10.3. The maximum Gasteiger partial charge on any atom is 0.212 e. The van der Waals surface area contributed by atoms with Crippen LogP contribution < -0.4 is 4.72 Å². The number of rotatable bonds is 6. The second-order valence-corrected chi connectivity index (χ2v) is 6.10. The molecule has 0 spiro atoms. The SMILES string of the molecule is N#CCCS(=O)(=O)NCc1cnn(-c2ccccc2)c1. The van der Waals surface area contributed by atoms with Crippen LogP contribution in [0.25, 0.3) is 5.69 Å². The minimum atomic E-state index is -3.41. The second kappa shape index (κ2) is 6.32. The number of hydrogen-bond acceptors (Lipinski definition) is 4. The molecule has 0 saturated carbocycles. The van der Waals surface area contributed by atoms with E-state index in [9.17, 15) is 8.42 Å². The fraction of sp³-hybridized carbons (Fsp3) is 0.231. The van der Waals surface area contributed by atoms with Gasteiger partial charge in [-0.15, -0.1) is 0 Å². The van der Waals surface area contributed by atoms with Crippen LogP contribution in [0.3, 0.4) is 0 Å². The summed E-state index contributed by atoms with van der Waals surface area (Å²) in [5, 5.41) is 12.6. The highest BCUT2D eigenvalue weighted by Crippen LogP contribution is 2.07. The summed E-state index contributed by atoms with van der Waals surface area (Å²) in [7, 11) is -3.41. The van der Waals surface area contributed by atoms with E-state index in [-0.39, 0.29) is 18.7 Å². The molecule has 1 N–H and O–H groups in total. The number of sulfonamides is 1. The molecule has 0 aliphatic carbocycles. The summed E-state index contributed by atoms with van der Waals surface area (Å²) in [5.41, 5.74) is 1.67. The normalized spacial score (nSPS) is 11.2. The Kier molecular flexibility index (Phi) is 4.50. The average Bonchev–Trinajstić information content (AvgIpc) is 2.93. The van der Waals surface area contributed by atoms with Gasteiger partial charge in [-0.2, -0.15) is 10.4 Å². The molecule has 0 bridgehead atoms. The lowest BCUT2D eigenvalue weighted by Crippen LogP contribution is -2.25. The van der Waals surface area contributed by atoms with E-state index in [2.05, 4.69) is 9.82 Å². The van der Waals surface area contributed by atoms with Crippen molar-refractivity contribution < 1.29 is 8.42 Å². The van der Waals surface area contributed by atoms with Gasteiger partial charge < -0.3 is 0 Å². The Balaban J connectivity index is 1.99. The van der Waals surface area contributed by atoms with Crippen LogP contribution in [0.1, 0.15) is 12.0 Å². The molecule has 0 saturated heterocycles. The largest absolute Gasteiger partial charge is 0.241 e. The van der Waals surface area contributed by atoms with E-state index in [1.54, 1.807) is 17.1 Å². The zero-order chi connectivity index (χ0) is 14.4. The van der Waals surface area contributed by atoms with E-state index in [1.165, 1.54) is 0 Å². The molecule has 104 valence electrons. The van der Waals surface area contributed by atoms with Crippen molar-refractivity contribution in [1.82, 2.24) is 14.5 Å². The fourth-order valence-corrected chi connectivity index (χ4v) is 2.51. The van der Waals surface area contributed by atoms with Gasteiger partial charge in [0, 0.05) is 18.3 Å². The van der Waals surface area contributed by atoms with Gasteiger partial charge in [-0.1, -0.05) is 18.2 Å². The van der Waals surface area contributed by atoms with Crippen molar-refractivity contribution in [3.63, 3.8) is 0 Å². The quantitative estimate of drug-likeness (QED) is 0.866. The second-order valence-electron chi connectivity index (χ2n) is 4.18. The Hall–Kier alpha value is -2.17. The van der Waals surface area contributed by atoms with Crippen LogP contribution in [0.2, 0.25) is 0 Å². The monoisotopic (exact) mass is 290 g/mol. The van der Waals surface area contributed by atoms with Gasteiger partial charge in [0.25, 0.3) is 0 Å². The van der Waals surface area contributed by atoms with Crippen LogP contribution in [0.15, 0.2) is 42.7 Å². The van der Waals surface area contributed by atoms with Crippen molar-refractivity contribution in [2.75, 3.05) is 5.75 Å². The van der Waals surface area contributed by atoms with Crippen LogP contribution in [0, 0.1) is 11.3 Å². The summed E-state index contributed by atoms with van der Waals surface area (Å²) in [4.78, 5) is 0. The summed E-state index contributed by atoms with van der Waals surface area (Å²) in [5.74, 6) is -0.184. The van der Waals surface area contributed by atoms with Crippen LogP contribution >= 0.6 is 0 Å². The van der Waals surface area contributed by atoms with E-state index in [1.807, 2.05) is 36.4 Å². The first kappa shape index (κ1) is 14.2. The molecule has 7 heteroatoms. The van der Waals surface area contributed by atoms with E-state index < -0.39 is 10.0 Å². The summed E-state index contributed by atoms with van der Waals surface area (Å²) in [6, 6.07) is 11.4. The van der Waals surface area contributed by atoms with Crippen LogP contribution in [0.4, 0.5) is 0 Å². The van der Waals surface area contributed by atoms with Crippen LogP contribution in [-0.2, 0) is 16.6 Å². The van der Waals surface area contributed by atoms with Gasteiger partial charge in [0.05, 0.1) is 30.1 Å². The molecular weight excluding hydrogens is 276 g/mol. The third kappa shape index (κ3) is 3.91. The fourth-order valence-electron chi connectivity index (χ4n) is 1.62. The van der Waals surface area contributed by atoms with Crippen molar-refractivity contribution in [3.05, 3.63) is 48.3 Å². The molecular formula is C13H14N4O2S. The molecule has 6 nitrogen and oxygen atoms in total. The first-order chi connectivity index (χ1) is 9.61. The minimum Gasteiger partial charge on any atom is -0.241 e. The van der Waals surface area contributed by atoms with E-state index in [0.29, 0.717) is 0 Å². The smallest absolute Gasteiger partial charge is 0.212 e. The Morgan fingerprint density at radius 2 is 2.05 bits per heavy atom. The summed E-state index contributed by atoms with van der Waals surface area (Å²) < 4.78 is 27.2. The van der Waals surface area contributed by atoms with Crippen molar-refractivity contribution in [1.29, 1.82) is 5.26 Å². The Morgan fingerprint density at radius 1 is 1.30 bits per heavy atom. The molecule has 1 aromatic carbocycles. The number of benzene rings is 1. The van der Waals surface area contributed by atoms with Crippen molar-refractivity contribution >= 4 is 10.0 Å². The summed E-state index contributed by atoms with van der Waals surface area (Å²) in [6.07, 6.45) is 3.36. The van der Waals surface area contributed by atoms with E-state index in [0.717, 1.165) is 11.3 Å². The van der Waals surface area contributed by atoms with Gasteiger partial charge in [0.1, 0.15) is 0 Å². The van der Waals surface area contributed by atoms with Gasteiger partial charge in [-0.25, -0.2) is 17.8 Å². The lowest BCUT2D eigenvalue weighted by molar-refractivity contribution is 0.581. The average molecular weight is 290 g/mol. The Bertz CT molecular complexity index is 701. The molecule has 0 aliphatic heterocycles. The first-order valence-electron chi connectivity index (χ1n) is 6.04. The van der Waals surface area contributed by atoms with Gasteiger partial charge in [0.15, 0.2) is 0 Å². The highest BCUT2D eigenvalue weighted by molar-refractivity contribution is 7.89. The van der Waals surface area contributed by atoms with Crippen molar-refractivity contribution in [2.45, 2.75) is 13.0 Å². The molecule has 0 radical (unpaired) electrons. The molecule has 20 heavy (non-hydrogen) atoms. The summed E-state index contributed by atoms with van der Waals surface area (Å²) in [6.45, 7) is 0.167. The number of nitriles is 1. The Morgan fingerprint density at radius 3 is 2.75 bits per heavy atom. The molecule has 1 aromatic heterocycles. The highest BCUT2D eigenvalue weighted by Gasteiger charge is 2.10. The number of hydrogen-bond donors (Lipinski definition) is 1. The Labute approximate surface area is 117 Å². The highest BCUT2D eigenvalue weighted by atomic mass is 32.2. The summed E-state index contributed by atoms with van der Waals surface area (Å²) >= 11 is 0. The van der Waals surface area contributed by atoms with Gasteiger partial charge in [-0.3, -0.25) is 0 Å². The molecule has 2 aromatic rings. The standard InChI is InChI=1S/C13H14N4O2S/c14-7-4-8-20(18,19)16-10-12-9-15-17(11-12)13-5-2-1-3-6-13/h1-3,5-6,9,11,16H,4,8,10H2. The molecule has 0 aliphatic rings. The van der Waals surface area contributed by atoms with E-state index >= 15 is 0 Å². The first-order valence-corrected chi connectivity index (χ1v) is 7.69. The molecule has 1 heterocycles. The molecule has 0 atom stereocenters. The predicted octanol–water partition coefficient (Wildman–Crippen LogP) is 1.21. The van der Waals surface area contributed by atoms with Gasteiger partial charge >= 0.3 is 0 Å². The third-order valence-electron chi connectivity index (χ3n) is 2.64. The number of para-hydroxylation sites is 1. The van der Waals surface area contributed by atoms with Gasteiger partial charge in [0.2, 0.25) is 10.0 Å². The van der Waals surface area contributed by atoms with Gasteiger partial charge in [-0.05, 0) is 12.1 Å². The maximum absolute atomic E-state index is 11.6. The number of aromatic nitrogens is 2. The zero-order valence-corrected chi connectivity index (χ0v) is 11.5. The van der Waals surface area contributed by atoms with Crippen LogP contribution in [0.5, 0.6) is 0 Å². The zero-order valence-electron chi connectivity index (χ0n) is 10.7. The predicted molar refractivity (Wildman–Crippen MR) is 74.4 cm³/mol. The lowest BCUT2D eigenvalue weighted by Gasteiger charge is -2.02. The van der Waals surface area contributed by atoms with Crippen molar-refractivity contribution in [2.24, 2.45) is 0 Å². The third-order valence-corrected chi connectivity index (χ3v) is 3.96. The molecule has 2 rings (SSSR count). The molecule has 0 unspecified atom stereocenters. The molecule has 0 amide bonds.